The van der Waals surface area contributed by atoms with Gasteiger partial charge in [-0.3, -0.25) is 4.98 Å². The molecular formula is C11H11N3S2. The Morgan fingerprint density at radius 3 is 2.69 bits per heavy atom. The number of hydrogen-bond acceptors (Lipinski definition) is 5. The molecule has 0 aliphatic carbocycles. The van der Waals surface area contributed by atoms with Crippen LogP contribution in [-0.4, -0.2) is 20.7 Å². The molecular weight excluding hydrogens is 238 g/mol. The highest BCUT2D eigenvalue weighted by Gasteiger charge is 2.08. The highest BCUT2D eigenvalue weighted by atomic mass is 32.2. The van der Waals surface area contributed by atoms with Crippen LogP contribution >= 0.6 is 24.4 Å². The third-order valence-corrected chi connectivity index (χ3v) is 3.08. The van der Waals surface area contributed by atoms with Crippen molar-refractivity contribution in [2.45, 2.75) is 16.7 Å². The molecule has 0 aliphatic heterocycles. The van der Waals surface area contributed by atoms with Crippen LogP contribution in [0.4, 0.5) is 0 Å². The minimum atomic E-state index is 0.648. The van der Waals surface area contributed by atoms with Gasteiger partial charge in [-0.2, -0.15) is 0 Å². The minimum Gasteiger partial charge on any atom is -0.252 e. The summed E-state index contributed by atoms with van der Waals surface area (Å²) in [5.41, 5.74) is 0.836. The molecule has 0 aliphatic rings. The topological polar surface area (TPSA) is 38.7 Å². The molecule has 2 aromatic rings. The SMILES string of the molecule is CCSc1cccnc1-c1ncc(S)cn1. The highest BCUT2D eigenvalue weighted by molar-refractivity contribution is 7.99. The first kappa shape index (κ1) is 11.4. The number of thioether (sulfide) groups is 1. The third kappa shape index (κ3) is 2.54. The van der Waals surface area contributed by atoms with Gasteiger partial charge in [-0.05, 0) is 17.9 Å². The maximum atomic E-state index is 4.33. The second kappa shape index (κ2) is 5.32. The molecule has 0 N–H and O–H groups in total. The normalized spacial score (nSPS) is 10.4. The zero-order chi connectivity index (χ0) is 11.4. The lowest BCUT2D eigenvalue weighted by Gasteiger charge is -2.05. The van der Waals surface area contributed by atoms with E-state index < -0.39 is 0 Å². The maximum Gasteiger partial charge on any atom is 0.179 e. The molecule has 0 amide bonds. The predicted molar refractivity (Wildman–Crippen MR) is 68.9 cm³/mol. The quantitative estimate of drug-likeness (QED) is 0.670. The smallest absolute Gasteiger partial charge is 0.179 e. The lowest BCUT2D eigenvalue weighted by molar-refractivity contribution is 1.07. The largest absolute Gasteiger partial charge is 0.252 e. The molecule has 0 fully saturated rings. The van der Waals surface area contributed by atoms with E-state index in [1.54, 1.807) is 30.4 Å². The summed E-state index contributed by atoms with van der Waals surface area (Å²) in [6.45, 7) is 2.11. The van der Waals surface area contributed by atoms with Crippen molar-refractivity contribution in [1.82, 2.24) is 15.0 Å². The molecule has 0 radical (unpaired) electrons. The Morgan fingerprint density at radius 1 is 1.25 bits per heavy atom. The van der Waals surface area contributed by atoms with E-state index in [9.17, 15) is 0 Å². The van der Waals surface area contributed by atoms with Gasteiger partial charge in [0.05, 0.1) is 0 Å². The van der Waals surface area contributed by atoms with Crippen LogP contribution in [-0.2, 0) is 0 Å². The monoisotopic (exact) mass is 249 g/mol. The van der Waals surface area contributed by atoms with Gasteiger partial charge < -0.3 is 0 Å². The van der Waals surface area contributed by atoms with Gasteiger partial charge in [-0.25, -0.2) is 9.97 Å². The molecule has 0 aromatic carbocycles. The van der Waals surface area contributed by atoms with E-state index >= 15 is 0 Å². The van der Waals surface area contributed by atoms with Crippen LogP contribution in [0.5, 0.6) is 0 Å². The Balaban J connectivity index is 2.42. The van der Waals surface area contributed by atoms with Gasteiger partial charge in [0.2, 0.25) is 0 Å². The predicted octanol–water partition coefficient (Wildman–Crippen LogP) is 2.94. The first-order chi connectivity index (χ1) is 7.81. The molecule has 3 nitrogen and oxygen atoms in total. The Morgan fingerprint density at radius 2 is 2.00 bits per heavy atom. The second-order valence-electron chi connectivity index (χ2n) is 3.05. The number of pyridine rings is 1. The first-order valence-electron chi connectivity index (χ1n) is 4.90. The van der Waals surface area contributed by atoms with E-state index in [1.165, 1.54) is 0 Å². The van der Waals surface area contributed by atoms with Crippen LogP contribution in [0, 0.1) is 0 Å². The van der Waals surface area contributed by atoms with Crippen molar-refractivity contribution in [1.29, 1.82) is 0 Å². The van der Waals surface area contributed by atoms with Crippen LogP contribution in [0.3, 0.4) is 0 Å². The van der Waals surface area contributed by atoms with E-state index in [0.29, 0.717) is 5.82 Å². The summed E-state index contributed by atoms with van der Waals surface area (Å²) in [7, 11) is 0. The number of rotatable bonds is 3. The molecule has 82 valence electrons. The van der Waals surface area contributed by atoms with Crippen molar-refractivity contribution >= 4 is 24.4 Å². The Labute approximate surface area is 104 Å². The van der Waals surface area contributed by atoms with Gasteiger partial charge in [0.25, 0.3) is 0 Å². The van der Waals surface area contributed by atoms with Crippen molar-refractivity contribution in [3.05, 3.63) is 30.7 Å². The van der Waals surface area contributed by atoms with Gasteiger partial charge in [0.15, 0.2) is 5.82 Å². The van der Waals surface area contributed by atoms with Crippen LogP contribution in [0.1, 0.15) is 6.92 Å². The van der Waals surface area contributed by atoms with E-state index in [0.717, 1.165) is 21.2 Å². The van der Waals surface area contributed by atoms with Gasteiger partial charge in [0.1, 0.15) is 5.69 Å². The standard InChI is InChI=1S/C11H11N3S2/c1-2-16-9-4-3-5-12-10(9)11-13-6-8(15)7-14-11/h3-7,15H,2H2,1H3. The highest BCUT2D eigenvalue weighted by Crippen LogP contribution is 2.26. The van der Waals surface area contributed by atoms with Gasteiger partial charge in [-0.15, -0.1) is 24.4 Å². The van der Waals surface area contributed by atoms with Gasteiger partial charge in [-0.1, -0.05) is 6.92 Å². The first-order valence-corrected chi connectivity index (χ1v) is 6.33. The molecule has 0 bridgehead atoms. The Bertz CT molecular complexity index is 471. The van der Waals surface area contributed by atoms with Crippen molar-refractivity contribution < 1.29 is 0 Å². The molecule has 0 saturated carbocycles. The van der Waals surface area contributed by atoms with E-state index in [2.05, 4.69) is 34.5 Å². The lowest BCUT2D eigenvalue weighted by atomic mass is 10.3. The summed E-state index contributed by atoms with van der Waals surface area (Å²) < 4.78 is 0. The molecule has 2 rings (SSSR count). The Kier molecular flexibility index (Phi) is 3.79. The lowest BCUT2D eigenvalue weighted by Crippen LogP contribution is -1.93. The van der Waals surface area contributed by atoms with E-state index in [-0.39, 0.29) is 0 Å². The van der Waals surface area contributed by atoms with E-state index in [1.807, 2.05) is 12.1 Å². The molecule has 5 heteroatoms. The zero-order valence-electron chi connectivity index (χ0n) is 8.79. The summed E-state index contributed by atoms with van der Waals surface area (Å²) in [4.78, 5) is 14.6. The third-order valence-electron chi connectivity index (χ3n) is 1.92. The van der Waals surface area contributed by atoms with Crippen molar-refractivity contribution in [2.75, 3.05) is 5.75 Å². The number of aromatic nitrogens is 3. The van der Waals surface area contributed by atoms with Crippen LogP contribution in [0.25, 0.3) is 11.5 Å². The second-order valence-corrected chi connectivity index (χ2v) is 4.87. The van der Waals surface area contributed by atoms with Gasteiger partial charge in [0, 0.05) is 28.4 Å². The van der Waals surface area contributed by atoms with Crippen molar-refractivity contribution in [3.63, 3.8) is 0 Å². The van der Waals surface area contributed by atoms with Crippen LogP contribution < -0.4 is 0 Å². The molecule has 0 atom stereocenters. The molecule has 2 aromatic heterocycles. The summed E-state index contributed by atoms with van der Waals surface area (Å²) in [6.07, 6.45) is 5.12. The van der Waals surface area contributed by atoms with Crippen LogP contribution in [0.2, 0.25) is 0 Å². The molecule has 0 unspecified atom stereocenters. The van der Waals surface area contributed by atoms with Gasteiger partial charge >= 0.3 is 0 Å². The molecule has 16 heavy (non-hydrogen) atoms. The summed E-state index contributed by atoms with van der Waals surface area (Å²) in [5, 5.41) is 0. The fraction of sp³-hybridized carbons (Fsp3) is 0.182. The fourth-order valence-electron chi connectivity index (χ4n) is 1.27. The average molecular weight is 249 g/mol. The van der Waals surface area contributed by atoms with Crippen LogP contribution in [0.15, 0.2) is 40.5 Å². The maximum absolute atomic E-state index is 4.33. The minimum absolute atomic E-state index is 0.648. The van der Waals surface area contributed by atoms with E-state index in [4.69, 9.17) is 0 Å². The molecule has 0 spiro atoms. The zero-order valence-corrected chi connectivity index (χ0v) is 10.5. The summed E-state index contributed by atoms with van der Waals surface area (Å²) in [5.74, 6) is 1.65. The number of hydrogen-bond donors (Lipinski definition) is 1. The molecule has 2 heterocycles. The summed E-state index contributed by atoms with van der Waals surface area (Å²) >= 11 is 5.90. The summed E-state index contributed by atoms with van der Waals surface area (Å²) in [6, 6.07) is 3.96. The Hall–Kier alpha value is -1.07. The van der Waals surface area contributed by atoms with Crippen molar-refractivity contribution in [2.24, 2.45) is 0 Å². The fourth-order valence-corrected chi connectivity index (χ4v) is 2.16. The number of thiol groups is 1. The van der Waals surface area contributed by atoms with Crippen molar-refractivity contribution in [3.8, 4) is 11.5 Å². The number of nitrogens with zero attached hydrogens (tertiary/aromatic N) is 3. The average Bonchev–Trinajstić information content (AvgIpc) is 2.32. The molecule has 0 saturated heterocycles.